The van der Waals surface area contributed by atoms with Gasteiger partial charge in [0.15, 0.2) is 5.82 Å². The van der Waals surface area contributed by atoms with Crippen LogP contribution in [-0.4, -0.2) is 29.8 Å². The van der Waals surface area contributed by atoms with E-state index in [1.807, 2.05) is 12.1 Å². The zero-order valence-electron chi connectivity index (χ0n) is 18.5. The Balaban J connectivity index is 1.47. The first-order valence-electron chi connectivity index (χ1n) is 10.2. The molecule has 0 saturated carbocycles. The lowest BCUT2D eigenvalue weighted by molar-refractivity contribution is 0.590. The summed E-state index contributed by atoms with van der Waals surface area (Å²) in [5.41, 5.74) is 8.62. The average molecular weight is 466 g/mol. The summed E-state index contributed by atoms with van der Waals surface area (Å²) in [5, 5.41) is 11.9. The molecule has 0 radical (unpaired) electrons. The Morgan fingerprint density at radius 1 is 0.970 bits per heavy atom. The van der Waals surface area contributed by atoms with Gasteiger partial charge in [-0.3, -0.25) is 0 Å². The molecule has 0 spiro atoms. The molecule has 170 valence electrons. The monoisotopic (exact) mass is 465 g/mol. The first-order valence-corrected chi connectivity index (χ1v) is 11.1. The van der Waals surface area contributed by atoms with Gasteiger partial charge in [0.2, 0.25) is 17.1 Å². The summed E-state index contributed by atoms with van der Waals surface area (Å²) in [7, 11) is 0. The number of hydrogen-bond donors (Lipinski definition) is 3. The van der Waals surface area contributed by atoms with Gasteiger partial charge in [0.25, 0.3) is 0 Å². The van der Waals surface area contributed by atoms with Crippen LogP contribution < -0.4 is 16.9 Å². The molecule has 0 amide bonds. The number of nitrogens with two attached hydrogens (primary N) is 2. The van der Waals surface area contributed by atoms with Crippen molar-refractivity contribution in [2.45, 2.75) is 37.1 Å². The Morgan fingerprint density at radius 3 is 2.33 bits per heavy atom. The van der Waals surface area contributed by atoms with Crippen LogP contribution in [0.25, 0.3) is 11.4 Å². The summed E-state index contributed by atoms with van der Waals surface area (Å²) in [5.74, 6) is 7.60. The highest BCUT2D eigenvalue weighted by molar-refractivity contribution is 7.98. The van der Waals surface area contributed by atoms with Crippen molar-refractivity contribution in [2.75, 3.05) is 16.9 Å². The molecule has 0 atom stereocenters. The van der Waals surface area contributed by atoms with Gasteiger partial charge >= 0.3 is 0 Å². The van der Waals surface area contributed by atoms with Crippen LogP contribution in [0.2, 0.25) is 0 Å². The number of halogens is 1. The SMILES string of the molecule is CC(C)(C)c1ccc(-c2nnc(SCc3nc(N)nc(Nc4ccc(F)cc4)n3)n2N)cc1. The maximum atomic E-state index is 13.1. The topological polar surface area (TPSA) is 133 Å². The Labute approximate surface area is 194 Å². The third-order valence-electron chi connectivity index (χ3n) is 4.80. The number of benzene rings is 2. The lowest BCUT2D eigenvalue weighted by Gasteiger charge is -2.19. The maximum absolute atomic E-state index is 13.1. The summed E-state index contributed by atoms with van der Waals surface area (Å²) in [6.07, 6.45) is 0. The van der Waals surface area contributed by atoms with Crippen molar-refractivity contribution in [1.29, 1.82) is 0 Å². The molecule has 0 fully saturated rings. The Morgan fingerprint density at radius 2 is 1.67 bits per heavy atom. The zero-order valence-corrected chi connectivity index (χ0v) is 19.3. The van der Waals surface area contributed by atoms with Gasteiger partial charge in [-0.2, -0.15) is 15.0 Å². The van der Waals surface area contributed by atoms with E-state index in [0.717, 1.165) is 5.56 Å². The van der Waals surface area contributed by atoms with Gasteiger partial charge in [-0.05, 0) is 35.2 Å². The van der Waals surface area contributed by atoms with Crippen LogP contribution in [0.15, 0.2) is 53.7 Å². The minimum absolute atomic E-state index is 0.0622. The van der Waals surface area contributed by atoms with E-state index in [1.54, 1.807) is 12.1 Å². The molecule has 0 aliphatic carbocycles. The average Bonchev–Trinajstić information content (AvgIpc) is 3.13. The van der Waals surface area contributed by atoms with Gasteiger partial charge in [0, 0.05) is 11.3 Å². The second-order valence-corrected chi connectivity index (χ2v) is 9.30. The number of thioether (sulfide) groups is 1. The van der Waals surface area contributed by atoms with E-state index >= 15 is 0 Å². The Bertz CT molecular complexity index is 1250. The molecular weight excluding hydrogens is 441 g/mol. The van der Waals surface area contributed by atoms with Crippen molar-refractivity contribution in [3.05, 3.63) is 65.7 Å². The van der Waals surface area contributed by atoms with Crippen molar-refractivity contribution in [3.8, 4) is 11.4 Å². The highest BCUT2D eigenvalue weighted by atomic mass is 32.2. The van der Waals surface area contributed by atoms with Crippen LogP contribution in [-0.2, 0) is 11.2 Å². The fourth-order valence-corrected chi connectivity index (χ4v) is 3.75. The van der Waals surface area contributed by atoms with E-state index in [9.17, 15) is 4.39 Å². The van der Waals surface area contributed by atoms with Crippen LogP contribution in [0.4, 0.5) is 22.0 Å². The van der Waals surface area contributed by atoms with E-state index in [0.29, 0.717) is 28.2 Å². The lowest BCUT2D eigenvalue weighted by Crippen LogP contribution is -2.13. The van der Waals surface area contributed by atoms with Crippen LogP contribution in [0.3, 0.4) is 0 Å². The maximum Gasteiger partial charge on any atom is 0.232 e. The molecule has 0 aliphatic rings. The van der Waals surface area contributed by atoms with Gasteiger partial charge in [-0.25, -0.2) is 9.07 Å². The van der Waals surface area contributed by atoms with E-state index < -0.39 is 0 Å². The largest absolute Gasteiger partial charge is 0.368 e. The van der Waals surface area contributed by atoms with E-state index in [-0.39, 0.29) is 23.1 Å². The van der Waals surface area contributed by atoms with Gasteiger partial charge in [0.05, 0.1) is 5.75 Å². The fraction of sp³-hybridized carbons (Fsp3) is 0.227. The number of anilines is 3. The van der Waals surface area contributed by atoms with Crippen LogP contribution >= 0.6 is 11.8 Å². The first kappa shape index (κ1) is 22.5. The second-order valence-electron chi connectivity index (χ2n) is 8.36. The summed E-state index contributed by atoms with van der Waals surface area (Å²) in [6, 6.07) is 14.0. The molecule has 0 bridgehead atoms. The molecule has 2 aromatic heterocycles. The molecule has 33 heavy (non-hydrogen) atoms. The Kier molecular flexibility index (Phi) is 6.14. The number of rotatable bonds is 6. The van der Waals surface area contributed by atoms with Crippen LogP contribution in [0.1, 0.15) is 32.2 Å². The van der Waals surface area contributed by atoms with Crippen LogP contribution in [0, 0.1) is 5.82 Å². The molecule has 11 heteroatoms. The van der Waals surface area contributed by atoms with E-state index in [2.05, 4.69) is 63.4 Å². The number of nitrogens with one attached hydrogen (secondary N) is 1. The highest BCUT2D eigenvalue weighted by Gasteiger charge is 2.16. The lowest BCUT2D eigenvalue weighted by atomic mass is 9.87. The molecule has 2 aromatic carbocycles. The normalized spacial score (nSPS) is 11.5. The predicted octanol–water partition coefficient (Wildman–Crippen LogP) is 3.90. The number of nitrogen functional groups attached to an aromatic ring is 2. The summed E-state index contributed by atoms with van der Waals surface area (Å²) >= 11 is 1.33. The van der Waals surface area contributed by atoms with Crippen molar-refractivity contribution in [1.82, 2.24) is 29.8 Å². The number of nitrogens with zero attached hydrogens (tertiary/aromatic N) is 6. The number of aromatic nitrogens is 6. The van der Waals surface area contributed by atoms with Crippen LogP contribution in [0.5, 0.6) is 0 Å². The third kappa shape index (κ3) is 5.37. The predicted molar refractivity (Wildman–Crippen MR) is 128 cm³/mol. The van der Waals surface area contributed by atoms with Crippen molar-refractivity contribution in [2.24, 2.45) is 0 Å². The smallest absolute Gasteiger partial charge is 0.232 e. The van der Waals surface area contributed by atoms with E-state index in [4.69, 9.17) is 11.6 Å². The molecule has 4 aromatic rings. The molecule has 0 unspecified atom stereocenters. The van der Waals surface area contributed by atoms with Gasteiger partial charge in [-0.1, -0.05) is 56.8 Å². The molecule has 9 nitrogen and oxygen atoms in total. The van der Waals surface area contributed by atoms with Gasteiger partial charge in [-0.15, -0.1) is 10.2 Å². The molecule has 0 aliphatic heterocycles. The highest BCUT2D eigenvalue weighted by Crippen LogP contribution is 2.27. The van der Waals surface area contributed by atoms with E-state index in [1.165, 1.54) is 34.1 Å². The summed E-state index contributed by atoms with van der Waals surface area (Å²) in [6.45, 7) is 6.49. The third-order valence-corrected chi connectivity index (χ3v) is 5.74. The fourth-order valence-electron chi connectivity index (χ4n) is 3.04. The van der Waals surface area contributed by atoms with Gasteiger partial charge in [0.1, 0.15) is 11.6 Å². The standard InChI is InChI=1S/C22H24FN9S/c1-22(2,3)14-6-4-13(5-7-14)18-30-31-21(32(18)25)33-12-17-27-19(24)29-20(28-17)26-16-10-8-15(23)9-11-16/h4-11H,12,25H2,1-3H3,(H3,24,26,27,28,29). The quantitative estimate of drug-likeness (QED) is 0.286. The second kappa shape index (κ2) is 9.02. The van der Waals surface area contributed by atoms with Crippen molar-refractivity contribution < 1.29 is 4.39 Å². The molecule has 4 rings (SSSR count). The van der Waals surface area contributed by atoms with Crippen molar-refractivity contribution >= 4 is 29.3 Å². The zero-order chi connectivity index (χ0) is 23.6. The minimum atomic E-state index is -0.330. The van der Waals surface area contributed by atoms with Gasteiger partial charge < -0.3 is 16.9 Å². The Hall–Kier alpha value is -3.73. The summed E-state index contributed by atoms with van der Waals surface area (Å²) < 4.78 is 14.6. The molecule has 0 saturated heterocycles. The molecule has 5 N–H and O–H groups in total. The summed E-state index contributed by atoms with van der Waals surface area (Å²) in [4.78, 5) is 12.6. The van der Waals surface area contributed by atoms with Crippen molar-refractivity contribution in [3.63, 3.8) is 0 Å². The minimum Gasteiger partial charge on any atom is -0.368 e. The first-order chi connectivity index (χ1) is 15.7. The number of hydrogen-bond acceptors (Lipinski definition) is 9. The molecule has 2 heterocycles. The molecular formula is C22H24FN9S.